The van der Waals surface area contributed by atoms with E-state index in [4.69, 9.17) is 12.6 Å². The van der Waals surface area contributed by atoms with E-state index in [-0.39, 0.29) is 11.2 Å². The maximum Gasteiger partial charge on any atom is 0.244 e. The molecule has 0 bridgehead atoms. The summed E-state index contributed by atoms with van der Waals surface area (Å²) in [6.07, 6.45) is 7.00. The zero-order chi connectivity index (χ0) is 9.56. The summed E-state index contributed by atoms with van der Waals surface area (Å²) in [5.74, 6) is -0.0683. The highest BCUT2D eigenvalue weighted by molar-refractivity contribution is 7.81. The molecule has 0 spiro atoms. The van der Waals surface area contributed by atoms with E-state index in [2.05, 4.69) is 0 Å². The Bertz CT molecular complexity index is 185. The van der Waals surface area contributed by atoms with Gasteiger partial charge in [0.05, 0.1) is 5.25 Å². The smallest absolute Gasteiger partial charge is 0.244 e. The van der Waals surface area contributed by atoms with Crippen molar-refractivity contribution in [2.45, 2.75) is 26.0 Å². The van der Waals surface area contributed by atoms with Crippen molar-refractivity contribution in [1.29, 1.82) is 0 Å². The fourth-order valence-corrected chi connectivity index (χ4v) is 0.849. The van der Waals surface area contributed by atoms with Crippen LogP contribution in [0, 0.1) is 0 Å². The van der Waals surface area contributed by atoms with Gasteiger partial charge in [0, 0.05) is 12.4 Å². The van der Waals surface area contributed by atoms with E-state index in [0.717, 1.165) is 0 Å². The normalized spacial score (nSPS) is 14.0. The van der Waals surface area contributed by atoms with Gasteiger partial charge in [0.1, 0.15) is 0 Å². The van der Waals surface area contributed by atoms with E-state index < -0.39 is 0 Å². The number of carbonyl (C=O) groups is 1. The minimum atomic E-state index is -0.377. The summed E-state index contributed by atoms with van der Waals surface area (Å²) >= 11 is 4.85. The van der Waals surface area contributed by atoms with E-state index >= 15 is 0 Å². The number of rotatable bonds is 3. The van der Waals surface area contributed by atoms with E-state index in [1.807, 2.05) is 13.8 Å². The third-order valence-electron chi connectivity index (χ3n) is 1.22. The lowest BCUT2D eigenvalue weighted by atomic mass is 10.4. The van der Waals surface area contributed by atoms with Gasteiger partial charge in [-0.05, 0) is 20.8 Å². The number of nitrogens with zero attached hydrogens (tertiary/aromatic N) is 1. The minimum absolute atomic E-state index is 0.0683. The molecular weight excluding hydrogens is 170 g/mol. The molecule has 12 heavy (non-hydrogen) atoms. The second-order valence-electron chi connectivity index (χ2n) is 2.35. The number of carbonyl (C=O) groups excluding carboxylic acids is 1. The number of amides is 1. The van der Waals surface area contributed by atoms with Crippen LogP contribution < -0.4 is 0 Å². The van der Waals surface area contributed by atoms with E-state index in [0.29, 0.717) is 0 Å². The first kappa shape index (κ1) is 11.3. The average Bonchev–Trinajstić information content (AvgIpc) is 2.03. The molecule has 0 N–H and O–H groups in total. The Kier molecular flexibility index (Phi) is 5.54. The molecule has 0 rings (SSSR count). The van der Waals surface area contributed by atoms with E-state index in [1.54, 1.807) is 31.5 Å². The van der Waals surface area contributed by atoms with Crippen molar-refractivity contribution in [3.8, 4) is 0 Å². The van der Waals surface area contributed by atoms with Crippen molar-refractivity contribution < 1.29 is 4.79 Å². The average molecular weight is 184 g/mol. The van der Waals surface area contributed by atoms with E-state index in [1.165, 1.54) is 4.90 Å². The Morgan fingerprint density at radius 1 is 1.33 bits per heavy atom. The van der Waals surface area contributed by atoms with Gasteiger partial charge in [-0.2, -0.15) is 0 Å². The van der Waals surface area contributed by atoms with Crippen LogP contribution in [0.2, 0.25) is 0 Å². The molecule has 0 heterocycles. The minimum Gasteiger partial charge on any atom is -0.294 e. The Labute approximate surface area is 79.4 Å². The molecule has 0 aromatic rings. The molecule has 0 aromatic carbocycles. The van der Waals surface area contributed by atoms with Crippen LogP contribution in [0.25, 0.3) is 0 Å². The lowest BCUT2D eigenvalue weighted by Gasteiger charge is -2.14. The fourth-order valence-electron chi connectivity index (χ4n) is 0.728. The highest BCUT2D eigenvalue weighted by Gasteiger charge is 2.12. The molecule has 1 amide bonds. The molecular formula is C9H14NOS. The number of allylic oxidation sites excluding steroid dienone is 2. The van der Waals surface area contributed by atoms with Crippen molar-refractivity contribution in [3.05, 3.63) is 24.6 Å². The summed E-state index contributed by atoms with van der Waals surface area (Å²) in [5.41, 5.74) is 0. The van der Waals surface area contributed by atoms with Crippen molar-refractivity contribution in [1.82, 2.24) is 4.90 Å². The van der Waals surface area contributed by atoms with Crippen molar-refractivity contribution in [2.24, 2.45) is 0 Å². The quantitative estimate of drug-likeness (QED) is 0.660. The molecule has 2 nitrogen and oxygen atoms in total. The van der Waals surface area contributed by atoms with Gasteiger partial charge in [-0.15, -0.1) is 0 Å². The van der Waals surface area contributed by atoms with Crippen LogP contribution in [0.4, 0.5) is 0 Å². The molecule has 0 aliphatic carbocycles. The Morgan fingerprint density at radius 2 is 1.75 bits per heavy atom. The maximum absolute atomic E-state index is 11.3. The van der Waals surface area contributed by atoms with Gasteiger partial charge in [0.15, 0.2) is 0 Å². The van der Waals surface area contributed by atoms with Crippen molar-refractivity contribution in [3.63, 3.8) is 0 Å². The van der Waals surface area contributed by atoms with Crippen LogP contribution in [0.1, 0.15) is 20.8 Å². The van der Waals surface area contributed by atoms with Crippen molar-refractivity contribution in [2.75, 3.05) is 0 Å². The summed E-state index contributed by atoms with van der Waals surface area (Å²) < 4.78 is 0. The van der Waals surface area contributed by atoms with Gasteiger partial charge in [0.25, 0.3) is 0 Å². The molecule has 0 fully saturated rings. The standard InChI is InChI=1S/C9H14NOS/c1-4-6-10(7-5-2)9(11)8(3)12/h4-8H,1-3H3/b6-4-,7-5-. The van der Waals surface area contributed by atoms with Crippen molar-refractivity contribution >= 4 is 18.5 Å². The Morgan fingerprint density at radius 3 is 2.00 bits per heavy atom. The largest absolute Gasteiger partial charge is 0.294 e. The lowest BCUT2D eigenvalue weighted by Crippen LogP contribution is -2.26. The van der Waals surface area contributed by atoms with Gasteiger partial charge in [-0.1, -0.05) is 24.8 Å². The summed E-state index contributed by atoms with van der Waals surface area (Å²) in [6, 6.07) is 0. The summed E-state index contributed by atoms with van der Waals surface area (Å²) in [4.78, 5) is 12.8. The molecule has 3 heteroatoms. The van der Waals surface area contributed by atoms with Crippen LogP contribution in [0.15, 0.2) is 24.6 Å². The van der Waals surface area contributed by atoms with Gasteiger partial charge in [-0.25, -0.2) is 0 Å². The number of hydrogen-bond acceptors (Lipinski definition) is 1. The second kappa shape index (κ2) is 5.89. The molecule has 0 aliphatic rings. The van der Waals surface area contributed by atoms with Crippen LogP contribution in [-0.4, -0.2) is 16.1 Å². The lowest BCUT2D eigenvalue weighted by molar-refractivity contribution is -0.125. The van der Waals surface area contributed by atoms with Crippen LogP contribution >= 0.6 is 12.6 Å². The third kappa shape index (κ3) is 3.62. The molecule has 1 radical (unpaired) electrons. The number of hydrogen-bond donors (Lipinski definition) is 0. The fraction of sp³-hybridized carbons (Fsp3) is 0.444. The SMILES string of the molecule is C/C=C\N(/C=C\C)C(=O)C(C)[S]. The first-order chi connectivity index (χ1) is 5.63. The van der Waals surface area contributed by atoms with Gasteiger partial charge < -0.3 is 0 Å². The monoisotopic (exact) mass is 184 g/mol. The molecule has 0 saturated carbocycles. The first-order valence-electron chi connectivity index (χ1n) is 3.87. The molecule has 1 atom stereocenters. The highest BCUT2D eigenvalue weighted by Crippen LogP contribution is 2.02. The predicted octanol–water partition coefficient (Wildman–Crippen LogP) is 2.47. The topological polar surface area (TPSA) is 20.3 Å². The van der Waals surface area contributed by atoms with Gasteiger partial charge in [0.2, 0.25) is 5.91 Å². The van der Waals surface area contributed by atoms with E-state index in [9.17, 15) is 4.79 Å². The molecule has 1 unspecified atom stereocenters. The van der Waals surface area contributed by atoms with Crippen LogP contribution in [0.3, 0.4) is 0 Å². The zero-order valence-corrected chi connectivity index (χ0v) is 8.47. The maximum atomic E-state index is 11.3. The predicted molar refractivity (Wildman–Crippen MR) is 53.5 cm³/mol. The Hall–Kier alpha value is -0.700. The summed E-state index contributed by atoms with van der Waals surface area (Å²) in [7, 11) is 0. The zero-order valence-electron chi connectivity index (χ0n) is 7.65. The molecule has 0 aromatic heterocycles. The Balaban J connectivity index is 4.40. The van der Waals surface area contributed by atoms with Crippen LogP contribution in [0.5, 0.6) is 0 Å². The van der Waals surface area contributed by atoms with Gasteiger partial charge >= 0.3 is 0 Å². The third-order valence-corrected chi connectivity index (χ3v) is 1.42. The molecule has 0 saturated heterocycles. The van der Waals surface area contributed by atoms with Gasteiger partial charge in [-0.3, -0.25) is 9.69 Å². The van der Waals surface area contributed by atoms with Crippen LogP contribution in [-0.2, 0) is 4.79 Å². The first-order valence-corrected chi connectivity index (χ1v) is 4.34. The highest BCUT2D eigenvalue weighted by atomic mass is 32.1. The molecule has 67 valence electrons. The molecule has 0 aliphatic heterocycles. The summed E-state index contributed by atoms with van der Waals surface area (Å²) in [6.45, 7) is 5.42. The summed E-state index contributed by atoms with van der Waals surface area (Å²) in [5, 5.41) is -0.377. The second-order valence-corrected chi connectivity index (χ2v) is 3.06.